The van der Waals surface area contributed by atoms with Crippen LogP contribution < -0.4 is 9.04 Å². The number of hydrogen-bond donors (Lipinski definition) is 1. The Morgan fingerprint density at radius 1 is 1.12 bits per heavy atom. The quantitative estimate of drug-likeness (QED) is 0.820. The van der Waals surface area contributed by atoms with Crippen molar-refractivity contribution in [2.45, 2.75) is 38.2 Å². The van der Waals surface area contributed by atoms with Crippen molar-refractivity contribution in [2.75, 3.05) is 18.0 Å². The molecular formula is C19H25NO4S. The Labute approximate surface area is 149 Å². The smallest absolute Gasteiger partial charge is 0.264 e. The first kappa shape index (κ1) is 19.3. The molecule has 0 fully saturated rings. The van der Waals surface area contributed by atoms with Crippen molar-refractivity contribution in [1.29, 1.82) is 0 Å². The SMILES string of the molecule is CCC(O)CN(c1ccccc1)S(=O)(=O)c1cc(C)c(OC)cc1C. The Morgan fingerprint density at radius 3 is 2.32 bits per heavy atom. The van der Waals surface area contributed by atoms with Crippen LogP contribution in [-0.4, -0.2) is 33.3 Å². The summed E-state index contributed by atoms with van der Waals surface area (Å²) in [5, 5.41) is 10.1. The molecule has 0 aliphatic carbocycles. The highest BCUT2D eigenvalue weighted by Crippen LogP contribution is 2.30. The standard InChI is InChI=1S/C19H25NO4S/c1-5-17(21)13-20(16-9-7-6-8-10-16)25(22,23)19-12-14(2)18(24-4)11-15(19)3/h6-12,17,21H,5,13H2,1-4H3. The molecular weight excluding hydrogens is 338 g/mol. The molecule has 0 spiro atoms. The number of rotatable bonds is 7. The summed E-state index contributed by atoms with van der Waals surface area (Å²) < 4.78 is 33.2. The van der Waals surface area contributed by atoms with Crippen LogP contribution in [0, 0.1) is 13.8 Å². The molecule has 1 atom stereocenters. The summed E-state index contributed by atoms with van der Waals surface area (Å²) in [6.07, 6.45) is -0.269. The highest BCUT2D eigenvalue weighted by Gasteiger charge is 2.28. The number of anilines is 1. The van der Waals surface area contributed by atoms with Gasteiger partial charge in [0.1, 0.15) is 5.75 Å². The van der Waals surface area contributed by atoms with Crippen LogP contribution in [0.25, 0.3) is 0 Å². The minimum Gasteiger partial charge on any atom is -0.496 e. The third-order valence-corrected chi connectivity index (χ3v) is 6.09. The number of benzene rings is 2. The fraction of sp³-hybridized carbons (Fsp3) is 0.368. The molecule has 0 radical (unpaired) electrons. The van der Waals surface area contributed by atoms with E-state index in [1.54, 1.807) is 50.4 Å². The first-order valence-corrected chi connectivity index (χ1v) is 9.66. The van der Waals surface area contributed by atoms with Crippen LogP contribution >= 0.6 is 0 Å². The van der Waals surface area contributed by atoms with Gasteiger partial charge >= 0.3 is 0 Å². The molecule has 6 heteroatoms. The molecule has 1 unspecified atom stereocenters. The van der Waals surface area contributed by atoms with Crippen molar-refractivity contribution in [1.82, 2.24) is 0 Å². The Morgan fingerprint density at radius 2 is 1.76 bits per heavy atom. The number of aliphatic hydroxyl groups excluding tert-OH is 1. The Bertz CT molecular complexity index is 819. The number of sulfonamides is 1. The van der Waals surface area contributed by atoms with Gasteiger partial charge in [-0.1, -0.05) is 25.1 Å². The van der Waals surface area contributed by atoms with Gasteiger partial charge in [0.25, 0.3) is 10.0 Å². The van der Waals surface area contributed by atoms with Crippen molar-refractivity contribution in [3.05, 3.63) is 53.6 Å². The third-order valence-electron chi connectivity index (χ3n) is 4.15. The monoisotopic (exact) mass is 363 g/mol. The molecule has 136 valence electrons. The molecule has 0 heterocycles. The van der Waals surface area contributed by atoms with Gasteiger partial charge in [0.2, 0.25) is 0 Å². The van der Waals surface area contributed by atoms with Crippen LogP contribution in [0.5, 0.6) is 5.75 Å². The first-order valence-electron chi connectivity index (χ1n) is 8.22. The normalized spacial score (nSPS) is 12.7. The molecule has 0 saturated carbocycles. The zero-order valence-electron chi connectivity index (χ0n) is 15.1. The fourth-order valence-electron chi connectivity index (χ4n) is 2.64. The van der Waals surface area contributed by atoms with Gasteiger partial charge in [0.15, 0.2) is 0 Å². The van der Waals surface area contributed by atoms with Gasteiger partial charge < -0.3 is 9.84 Å². The predicted octanol–water partition coefficient (Wildman–Crippen LogP) is 3.28. The minimum absolute atomic E-state index is 0.00731. The number of para-hydroxylation sites is 1. The maximum atomic E-state index is 13.3. The number of ether oxygens (including phenoxy) is 1. The van der Waals surface area contributed by atoms with E-state index in [-0.39, 0.29) is 11.4 Å². The maximum absolute atomic E-state index is 13.3. The molecule has 0 aliphatic heterocycles. The number of nitrogens with zero attached hydrogens (tertiary/aromatic N) is 1. The summed E-state index contributed by atoms with van der Waals surface area (Å²) in [6.45, 7) is 5.38. The lowest BCUT2D eigenvalue weighted by molar-refractivity contribution is 0.179. The van der Waals surface area contributed by atoms with Gasteiger partial charge in [0, 0.05) is 0 Å². The Kier molecular flexibility index (Phi) is 6.08. The lowest BCUT2D eigenvalue weighted by Gasteiger charge is -2.27. The Hall–Kier alpha value is -2.05. The van der Waals surface area contributed by atoms with E-state index in [1.165, 1.54) is 4.31 Å². The topological polar surface area (TPSA) is 66.8 Å². The van der Waals surface area contributed by atoms with Gasteiger partial charge in [-0.2, -0.15) is 0 Å². The Balaban J connectivity index is 2.57. The lowest BCUT2D eigenvalue weighted by atomic mass is 10.1. The number of aryl methyl sites for hydroxylation is 2. The summed E-state index contributed by atoms with van der Waals surface area (Å²) in [4.78, 5) is 0.220. The molecule has 2 rings (SSSR count). The van der Waals surface area contributed by atoms with Crippen LogP contribution in [0.3, 0.4) is 0 Å². The van der Waals surface area contributed by atoms with E-state index in [4.69, 9.17) is 4.74 Å². The summed E-state index contributed by atoms with van der Waals surface area (Å²) in [6, 6.07) is 12.2. The van der Waals surface area contributed by atoms with Crippen molar-refractivity contribution in [2.24, 2.45) is 0 Å². The van der Waals surface area contributed by atoms with Crippen LogP contribution in [0.2, 0.25) is 0 Å². The van der Waals surface area contributed by atoms with Crippen molar-refractivity contribution < 1.29 is 18.3 Å². The summed E-state index contributed by atoms with van der Waals surface area (Å²) in [7, 11) is -2.26. The molecule has 2 aromatic rings. The second kappa shape index (κ2) is 7.89. The van der Waals surface area contributed by atoms with Crippen LogP contribution in [0.15, 0.2) is 47.4 Å². The van der Waals surface area contributed by atoms with E-state index in [9.17, 15) is 13.5 Å². The van der Waals surface area contributed by atoms with E-state index in [0.29, 0.717) is 23.4 Å². The average Bonchev–Trinajstić information content (AvgIpc) is 2.61. The average molecular weight is 363 g/mol. The van der Waals surface area contributed by atoms with E-state index < -0.39 is 16.1 Å². The van der Waals surface area contributed by atoms with Gasteiger partial charge in [-0.25, -0.2) is 8.42 Å². The highest BCUT2D eigenvalue weighted by molar-refractivity contribution is 7.92. The van der Waals surface area contributed by atoms with Gasteiger partial charge in [-0.15, -0.1) is 0 Å². The molecule has 0 aromatic heterocycles. The number of methoxy groups -OCH3 is 1. The zero-order valence-corrected chi connectivity index (χ0v) is 15.9. The molecule has 1 N–H and O–H groups in total. The van der Waals surface area contributed by atoms with Gasteiger partial charge in [-0.05, 0) is 55.7 Å². The molecule has 2 aromatic carbocycles. The lowest BCUT2D eigenvalue weighted by Crippen LogP contribution is -2.37. The maximum Gasteiger partial charge on any atom is 0.264 e. The van der Waals surface area contributed by atoms with Gasteiger partial charge in [-0.3, -0.25) is 4.31 Å². The highest BCUT2D eigenvalue weighted by atomic mass is 32.2. The van der Waals surface area contributed by atoms with Crippen LogP contribution in [0.1, 0.15) is 24.5 Å². The third kappa shape index (κ3) is 4.14. The second-order valence-corrected chi connectivity index (χ2v) is 7.85. The fourth-order valence-corrected chi connectivity index (χ4v) is 4.43. The van der Waals surface area contributed by atoms with E-state index in [2.05, 4.69) is 0 Å². The van der Waals surface area contributed by atoms with Crippen LogP contribution in [-0.2, 0) is 10.0 Å². The van der Waals surface area contributed by atoms with Crippen LogP contribution in [0.4, 0.5) is 5.69 Å². The number of hydrogen-bond acceptors (Lipinski definition) is 4. The van der Waals surface area contributed by atoms with Crippen molar-refractivity contribution >= 4 is 15.7 Å². The zero-order chi connectivity index (χ0) is 18.6. The summed E-state index contributed by atoms with van der Waals surface area (Å²) >= 11 is 0. The minimum atomic E-state index is -3.82. The molecule has 0 bridgehead atoms. The van der Waals surface area contributed by atoms with E-state index >= 15 is 0 Å². The predicted molar refractivity (Wildman–Crippen MR) is 99.7 cm³/mol. The molecule has 0 saturated heterocycles. The summed E-state index contributed by atoms with van der Waals surface area (Å²) in [5.74, 6) is 0.649. The molecule has 0 aliphatic rings. The second-order valence-electron chi connectivity index (χ2n) is 6.02. The van der Waals surface area contributed by atoms with E-state index in [1.807, 2.05) is 19.9 Å². The molecule has 0 amide bonds. The summed E-state index contributed by atoms with van der Waals surface area (Å²) in [5.41, 5.74) is 1.88. The molecule has 25 heavy (non-hydrogen) atoms. The largest absolute Gasteiger partial charge is 0.496 e. The first-order chi connectivity index (χ1) is 11.8. The molecule has 5 nitrogen and oxygen atoms in total. The van der Waals surface area contributed by atoms with Crippen molar-refractivity contribution in [3.63, 3.8) is 0 Å². The van der Waals surface area contributed by atoms with E-state index in [0.717, 1.165) is 5.56 Å². The van der Waals surface area contributed by atoms with Crippen molar-refractivity contribution in [3.8, 4) is 5.75 Å². The van der Waals surface area contributed by atoms with Gasteiger partial charge in [0.05, 0.1) is 30.3 Å². The number of aliphatic hydroxyl groups is 1.